The number of aryl methyl sites for hydroxylation is 1. The van der Waals surface area contributed by atoms with Crippen molar-refractivity contribution in [1.29, 1.82) is 0 Å². The molecular formula is C14H18N2O. The van der Waals surface area contributed by atoms with E-state index in [1.54, 1.807) is 7.11 Å². The maximum Gasteiger partial charge on any atom is 0.119 e. The van der Waals surface area contributed by atoms with E-state index in [0.29, 0.717) is 6.04 Å². The second kappa shape index (κ2) is 4.08. The van der Waals surface area contributed by atoms with E-state index in [2.05, 4.69) is 22.4 Å². The lowest BCUT2D eigenvalue weighted by atomic mass is 9.91. The fourth-order valence-corrected chi connectivity index (χ4v) is 2.77. The molecule has 0 saturated carbocycles. The number of fused-ring (bicyclic) bond motifs is 3. The van der Waals surface area contributed by atoms with Crippen LogP contribution in [0.25, 0.3) is 10.9 Å². The lowest BCUT2D eigenvalue weighted by molar-refractivity contribution is 0.415. The van der Waals surface area contributed by atoms with Gasteiger partial charge in [0.25, 0.3) is 0 Å². The molecule has 3 heteroatoms. The maximum absolute atomic E-state index is 5.31. The SMILES string of the molecule is CNC1CCc2[nH]c3ccc(OC)cc3c2C1. The molecule has 0 saturated heterocycles. The van der Waals surface area contributed by atoms with Crippen molar-refractivity contribution >= 4 is 10.9 Å². The van der Waals surface area contributed by atoms with Gasteiger partial charge in [-0.15, -0.1) is 0 Å². The highest BCUT2D eigenvalue weighted by Crippen LogP contribution is 2.31. The van der Waals surface area contributed by atoms with Crippen molar-refractivity contribution in [2.24, 2.45) is 0 Å². The van der Waals surface area contributed by atoms with Crippen LogP contribution in [0.3, 0.4) is 0 Å². The molecule has 17 heavy (non-hydrogen) atoms. The standard InChI is InChI=1S/C14H18N2O/c1-15-9-3-5-13-11(7-9)12-8-10(17-2)4-6-14(12)16-13/h4,6,8-9,15-16H,3,5,7H2,1-2H3. The molecule has 90 valence electrons. The molecule has 1 aliphatic carbocycles. The quantitative estimate of drug-likeness (QED) is 0.830. The number of benzene rings is 1. The Bertz CT molecular complexity index is 544. The minimum absolute atomic E-state index is 0.604. The maximum atomic E-state index is 5.31. The number of aromatic amines is 1. The largest absolute Gasteiger partial charge is 0.497 e. The van der Waals surface area contributed by atoms with Gasteiger partial charge in [-0.2, -0.15) is 0 Å². The van der Waals surface area contributed by atoms with Crippen molar-refractivity contribution < 1.29 is 4.74 Å². The van der Waals surface area contributed by atoms with Crippen molar-refractivity contribution in [1.82, 2.24) is 10.3 Å². The first-order valence-corrected chi connectivity index (χ1v) is 6.16. The third kappa shape index (κ3) is 1.71. The number of nitrogens with one attached hydrogen (secondary N) is 2. The summed E-state index contributed by atoms with van der Waals surface area (Å²) in [6.45, 7) is 0. The van der Waals surface area contributed by atoms with E-state index in [1.165, 1.54) is 28.6 Å². The van der Waals surface area contributed by atoms with Gasteiger partial charge in [-0.25, -0.2) is 0 Å². The van der Waals surface area contributed by atoms with Crippen LogP contribution >= 0.6 is 0 Å². The van der Waals surface area contributed by atoms with E-state index < -0.39 is 0 Å². The Morgan fingerprint density at radius 1 is 1.41 bits per heavy atom. The molecule has 1 heterocycles. The predicted octanol–water partition coefficient (Wildman–Crippen LogP) is 2.25. The first-order chi connectivity index (χ1) is 8.31. The zero-order chi connectivity index (χ0) is 11.8. The Morgan fingerprint density at radius 2 is 2.29 bits per heavy atom. The van der Waals surface area contributed by atoms with Crippen LogP contribution in [0.2, 0.25) is 0 Å². The van der Waals surface area contributed by atoms with Crippen molar-refractivity contribution in [2.45, 2.75) is 25.3 Å². The number of H-pyrrole nitrogens is 1. The minimum Gasteiger partial charge on any atom is -0.497 e. The Kier molecular flexibility index (Phi) is 2.56. The molecule has 0 amide bonds. The summed E-state index contributed by atoms with van der Waals surface area (Å²) < 4.78 is 5.31. The van der Waals surface area contributed by atoms with Crippen LogP contribution in [0, 0.1) is 0 Å². The van der Waals surface area contributed by atoms with Gasteiger partial charge in [-0.3, -0.25) is 0 Å². The summed E-state index contributed by atoms with van der Waals surface area (Å²) in [5.41, 5.74) is 4.09. The third-order valence-electron chi connectivity index (χ3n) is 3.80. The number of likely N-dealkylation sites (N-methyl/N-ethyl adjacent to an activating group) is 1. The average molecular weight is 230 g/mol. The number of aromatic nitrogens is 1. The Hall–Kier alpha value is -1.48. The topological polar surface area (TPSA) is 37.0 Å². The molecule has 3 nitrogen and oxygen atoms in total. The first kappa shape index (κ1) is 10.7. The van der Waals surface area contributed by atoms with Crippen LogP contribution in [0.5, 0.6) is 5.75 Å². The zero-order valence-corrected chi connectivity index (χ0v) is 10.3. The van der Waals surface area contributed by atoms with E-state index in [1.807, 2.05) is 13.1 Å². The molecule has 2 aromatic rings. The van der Waals surface area contributed by atoms with Crippen LogP contribution < -0.4 is 10.1 Å². The molecule has 0 aliphatic heterocycles. The van der Waals surface area contributed by atoms with Crippen molar-refractivity contribution in [3.05, 3.63) is 29.5 Å². The van der Waals surface area contributed by atoms with Gasteiger partial charge < -0.3 is 15.0 Å². The second-order valence-corrected chi connectivity index (χ2v) is 4.72. The minimum atomic E-state index is 0.604. The normalized spacial score (nSPS) is 19.3. The fraction of sp³-hybridized carbons (Fsp3) is 0.429. The van der Waals surface area contributed by atoms with Crippen LogP contribution in [0.15, 0.2) is 18.2 Å². The smallest absolute Gasteiger partial charge is 0.119 e. The molecule has 1 atom stereocenters. The van der Waals surface area contributed by atoms with Crippen LogP contribution in [0.1, 0.15) is 17.7 Å². The van der Waals surface area contributed by atoms with Gasteiger partial charge in [0.2, 0.25) is 0 Å². The average Bonchev–Trinajstić information content (AvgIpc) is 2.75. The number of hydrogen-bond donors (Lipinski definition) is 2. The summed E-state index contributed by atoms with van der Waals surface area (Å²) in [4.78, 5) is 3.53. The van der Waals surface area contributed by atoms with E-state index in [0.717, 1.165) is 18.6 Å². The van der Waals surface area contributed by atoms with Gasteiger partial charge in [-0.1, -0.05) is 0 Å². The molecule has 0 fully saturated rings. The van der Waals surface area contributed by atoms with Crippen molar-refractivity contribution in [2.75, 3.05) is 14.2 Å². The second-order valence-electron chi connectivity index (χ2n) is 4.72. The molecule has 2 N–H and O–H groups in total. The van der Waals surface area contributed by atoms with Gasteiger partial charge in [0.05, 0.1) is 7.11 Å². The molecule has 3 rings (SSSR count). The number of ether oxygens (including phenoxy) is 1. The summed E-state index contributed by atoms with van der Waals surface area (Å²) in [5.74, 6) is 0.936. The zero-order valence-electron chi connectivity index (χ0n) is 10.3. The Morgan fingerprint density at radius 3 is 3.06 bits per heavy atom. The van der Waals surface area contributed by atoms with Crippen molar-refractivity contribution in [3.8, 4) is 5.75 Å². The molecule has 1 aromatic heterocycles. The van der Waals surface area contributed by atoms with Crippen LogP contribution in [-0.2, 0) is 12.8 Å². The van der Waals surface area contributed by atoms with Gasteiger partial charge in [-0.05, 0) is 50.1 Å². The molecule has 0 bridgehead atoms. The van der Waals surface area contributed by atoms with Crippen LogP contribution in [0.4, 0.5) is 0 Å². The Labute approximate surface area is 101 Å². The molecular weight excluding hydrogens is 212 g/mol. The van der Waals surface area contributed by atoms with Gasteiger partial charge in [0.1, 0.15) is 5.75 Å². The molecule has 1 unspecified atom stereocenters. The number of methoxy groups -OCH3 is 1. The molecule has 0 radical (unpaired) electrons. The summed E-state index contributed by atoms with van der Waals surface area (Å²) in [5, 5.41) is 4.70. The highest BCUT2D eigenvalue weighted by molar-refractivity contribution is 5.86. The molecule has 0 spiro atoms. The molecule has 1 aromatic carbocycles. The Balaban J connectivity index is 2.12. The van der Waals surface area contributed by atoms with Gasteiger partial charge in [0, 0.05) is 22.6 Å². The first-order valence-electron chi connectivity index (χ1n) is 6.16. The highest BCUT2D eigenvalue weighted by Gasteiger charge is 2.21. The van der Waals surface area contributed by atoms with E-state index in [4.69, 9.17) is 4.74 Å². The van der Waals surface area contributed by atoms with Gasteiger partial charge >= 0.3 is 0 Å². The summed E-state index contributed by atoms with van der Waals surface area (Å²) >= 11 is 0. The third-order valence-corrected chi connectivity index (χ3v) is 3.80. The lowest BCUT2D eigenvalue weighted by Crippen LogP contribution is -2.31. The summed E-state index contributed by atoms with van der Waals surface area (Å²) in [6.07, 6.45) is 3.46. The highest BCUT2D eigenvalue weighted by atomic mass is 16.5. The summed E-state index contributed by atoms with van der Waals surface area (Å²) in [6, 6.07) is 6.87. The van der Waals surface area contributed by atoms with E-state index >= 15 is 0 Å². The van der Waals surface area contributed by atoms with Crippen molar-refractivity contribution in [3.63, 3.8) is 0 Å². The predicted molar refractivity (Wildman–Crippen MR) is 69.7 cm³/mol. The lowest BCUT2D eigenvalue weighted by Gasteiger charge is -2.21. The van der Waals surface area contributed by atoms with Gasteiger partial charge in [0.15, 0.2) is 0 Å². The monoisotopic (exact) mass is 230 g/mol. The number of rotatable bonds is 2. The fourth-order valence-electron chi connectivity index (χ4n) is 2.77. The summed E-state index contributed by atoms with van der Waals surface area (Å²) in [7, 11) is 3.77. The van der Waals surface area contributed by atoms with E-state index in [-0.39, 0.29) is 0 Å². The molecule has 1 aliphatic rings. The number of hydrogen-bond acceptors (Lipinski definition) is 2. The van der Waals surface area contributed by atoms with E-state index in [9.17, 15) is 0 Å². The van der Waals surface area contributed by atoms with Crippen LogP contribution in [-0.4, -0.2) is 25.2 Å².